The van der Waals surface area contributed by atoms with Gasteiger partial charge in [-0.25, -0.2) is 13.1 Å². The third kappa shape index (κ3) is 3.49. The molecule has 7 heteroatoms. The molecule has 0 aliphatic heterocycles. The number of benzene rings is 1. The fourth-order valence-electron chi connectivity index (χ4n) is 1.81. The number of nitriles is 1. The van der Waals surface area contributed by atoms with Crippen molar-refractivity contribution in [1.82, 2.24) is 4.72 Å². The molecule has 1 unspecified atom stereocenters. The van der Waals surface area contributed by atoms with E-state index in [4.69, 9.17) is 9.68 Å². The Morgan fingerprint density at radius 3 is 2.81 bits per heavy atom. The summed E-state index contributed by atoms with van der Waals surface area (Å²) in [6.45, 7) is 1.42. The van der Waals surface area contributed by atoms with Crippen LogP contribution in [0.15, 0.2) is 45.9 Å². The molecule has 6 nitrogen and oxygen atoms in total. The second-order valence-electron chi connectivity index (χ2n) is 4.48. The predicted molar refractivity (Wildman–Crippen MR) is 74.8 cm³/mol. The van der Waals surface area contributed by atoms with E-state index in [0.29, 0.717) is 5.56 Å². The maximum atomic E-state index is 12.2. The van der Waals surface area contributed by atoms with Gasteiger partial charge in [-0.05, 0) is 36.8 Å². The second-order valence-corrected chi connectivity index (χ2v) is 6.21. The molecule has 0 saturated heterocycles. The molecule has 1 heterocycles. The lowest BCUT2D eigenvalue weighted by atomic mass is 10.2. The third-order valence-corrected chi connectivity index (χ3v) is 4.51. The average Bonchev–Trinajstić information content (AvgIpc) is 2.99. The fraction of sp³-hybridized carbons (Fsp3) is 0.214. The van der Waals surface area contributed by atoms with Gasteiger partial charge < -0.3 is 9.52 Å². The molecular formula is C14H14N2O4S. The van der Waals surface area contributed by atoms with Crippen LogP contribution >= 0.6 is 0 Å². The van der Waals surface area contributed by atoms with E-state index in [2.05, 4.69) is 4.72 Å². The Morgan fingerprint density at radius 1 is 1.43 bits per heavy atom. The highest BCUT2D eigenvalue weighted by atomic mass is 32.2. The average molecular weight is 306 g/mol. The SMILES string of the molecule is Cc1ccc(C#N)cc1S(=O)(=O)NCC(O)c1ccco1. The lowest BCUT2D eigenvalue weighted by molar-refractivity contribution is 0.154. The summed E-state index contributed by atoms with van der Waals surface area (Å²) in [4.78, 5) is 0.0215. The summed E-state index contributed by atoms with van der Waals surface area (Å²) in [5, 5.41) is 18.7. The maximum absolute atomic E-state index is 12.2. The number of aliphatic hydroxyl groups is 1. The molecule has 0 aliphatic carbocycles. The number of rotatable bonds is 5. The Morgan fingerprint density at radius 2 is 2.19 bits per heavy atom. The largest absolute Gasteiger partial charge is 0.467 e. The molecular weight excluding hydrogens is 292 g/mol. The summed E-state index contributed by atoms with van der Waals surface area (Å²) in [6, 6.07) is 9.47. The molecule has 2 rings (SSSR count). The Labute approximate surface area is 122 Å². The number of hydrogen-bond donors (Lipinski definition) is 2. The molecule has 1 aromatic carbocycles. The number of nitrogens with one attached hydrogen (secondary N) is 1. The van der Waals surface area contributed by atoms with Crippen molar-refractivity contribution in [1.29, 1.82) is 5.26 Å². The Bertz CT molecular complexity index is 761. The number of aliphatic hydroxyl groups excluding tert-OH is 1. The summed E-state index contributed by atoms with van der Waals surface area (Å²) in [6.07, 6.45) is 0.322. The predicted octanol–water partition coefficient (Wildman–Crippen LogP) is 1.47. The summed E-state index contributed by atoms with van der Waals surface area (Å²) in [5.41, 5.74) is 0.779. The highest BCUT2D eigenvalue weighted by molar-refractivity contribution is 7.89. The van der Waals surface area contributed by atoms with Gasteiger partial charge in [-0.1, -0.05) is 6.07 Å². The van der Waals surface area contributed by atoms with Gasteiger partial charge in [-0.2, -0.15) is 5.26 Å². The molecule has 2 N–H and O–H groups in total. The Hall–Kier alpha value is -2.14. The van der Waals surface area contributed by atoms with Gasteiger partial charge in [-0.3, -0.25) is 0 Å². The molecule has 2 aromatic rings. The first-order valence-electron chi connectivity index (χ1n) is 6.16. The van der Waals surface area contributed by atoms with E-state index in [1.807, 2.05) is 6.07 Å². The van der Waals surface area contributed by atoms with Crippen LogP contribution in [0.4, 0.5) is 0 Å². The number of sulfonamides is 1. The van der Waals surface area contributed by atoms with Crippen LogP contribution in [0.25, 0.3) is 0 Å². The van der Waals surface area contributed by atoms with Crippen molar-refractivity contribution in [3.05, 3.63) is 53.5 Å². The first-order chi connectivity index (χ1) is 9.94. The first kappa shape index (κ1) is 15.3. The van der Waals surface area contributed by atoms with Crippen molar-refractivity contribution in [2.45, 2.75) is 17.9 Å². The van der Waals surface area contributed by atoms with Crippen LogP contribution in [0.3, 0.4) is 0 Å². The summed E-state index contributed by atoms with van der Waals surface area (Å²) < 4.78 is 31.8. The van der Waals surface area contributed by atoms with Crippen LogP contribution < -0.4 is 4.72 Å². The normalized spacial score (nSPS) is 12.8. The summed E-state index contributed by atoms with van der Waals surface area (Å²) >= 11 is 0. The number of aryl methyl sites for hydroxylation is 1. The smallest absolute Gasteiger partial charge is 0.240 e. The van der Waals surface area contributed by atoms with Gasteiger partial charge in [-0.15, -0.1) is 0 Å². The van der Waals surface area contributed by atoms with Crippen LogP contribution in [0, 0.1) is 18.3 Å². The summed E-state index contributed by atoms with van der Waals surface area (Å²) in [7, 11) is -3.81. The quantitative estimate of drug-likeness (QED) is 0.870. The van der Waals surface area contributed by atoms with Crippen LogP contribution in [-0.2, 0) is 10.0 Å². The minimum absolute atomic E-state index is 0.0215. The first-order valence-corrected chi connectivity index (χ1v) is 7.64. The second kappa shape index (κ2) is 6.10. The molecule has 1 atom stereocenters. The van der Waals surface area contributed by atoms with E-state index in [1.165, 1.54) is 12.3 Å². The molecule has 0 saturated carbocycles. The van der Waals surface area contributed by atoms with E-state index >= 15 is 0 Å². The zero-order chi connectivity index (χ0) is 15.5. The molecule has 0 amide bonds. The number of hydrogen-bond acceptors (Lipinski definition) is 5. The Balaban J connectivity index is 2.17. The molecule has 0 aliphatic rings. The minimum atomic E-state index is -3.81. The van der Waals surface area contributed by atoms with Crippen molar-refractivity contribution in [2.24, 2.45) is 0 Å². The topological polar surface area (TPSA) is 103 Å². The van der Waals surface area contributed by atoms with Gasteiger partial charge in [0.1, 0.15) is 11.9 Å². The summed E-state index contributed by atoms with van der Waals surface area (Å²) in [5.74, 6) is 0.278. The Kier molecular flexibility index (Phi) is 4.43. The van der Waals surface area contributed by atoms with Gasteiger partial charge in [0.05, 0.1) is 22.8 Å². The maximum Gasteiger partial charge on any atom is 0.240 e. The van der Waals surface area contributed by atoms with Crippen molar-refractivity contribution in [2.75, 3.05) is 6.54 Å². The van der Waals surface area contributed by atoms with Crippen LogP contribution in [0.2, 0.25) is 0 Å². The molecule has 0 bridgehead atoms. The third-order valence-electron chi connectivity index (χ3n) is 2.95. The molecule has 0 fully saturated rings. The van der Waals surface area contributed by atoms with Gasteiger partial charge in [0.15, 0.2) is 0 Å². The van der Waals surface area contributed by atoms with Crippen LogP contribution in [0.5, 0.6) is 0 Å². The molecule has 0 spiro atoms. The number of furan rings is 1. The standard InChI is InChI=1S/C14H14N2O4S/c1-10-4-5-11(8-15)7-14(10)21(18,19)16-9-12(17)13-3-2-6-20-13/h2-7,12,16-17H,9H2,1H3. The number of nitrogens with zero attached hydrogens (tertiary/aromatic N) is 1. The minimum Gasteiger partial charge on any atom is -0.467 e. The highest BCUT2D eigenvalue weighted by Crippen LogP contribution is 2.18. The van der Waals surface area contributed by atoms with Gasteiger partial charge >= 0.3 is 0 Å². The van der Waals surface area contributed by atoms with E-state index in [9.17, 15) is 13.5 Å². The van der Waals surface area contributed by atoms with E-state index < -0.39 is 16.1 Å². The van der Waals surface area contributed by atoms with Gasteiger partial charge in [0, 0.05) is 6.54 Å². The van der Waals surface area contributed by atoms with Crippen molar-refractivity contribution >= 4 is 10.0 Å². The lowest BCUT2D eigenvalue weighted by Crippen LogP contribution is -2.29. The molecule has 0 radical (unpaired) electrons. The van der Waals surface area contributed by atoms with Gasteiger partial charge in [0.2, 0.25) is 10.0 Å². The van der Waals surface area contributed by atoms with Crippen molar-refractivity contribution in [3.8, 4) is 6.07 Å². The van der Waals surface area contributed by atoms with Gasteiger partial charge in [0.25, 0.3) is 0 Å². The zero-order valence-corrected chi connectivity index (χ0v) is 12.1. The highest BCUT2D eigenvalue weighted by Gasteiger charge is 2.20. The molecule has 1 aromatic heterocycles. The lowest BCUT2D eigenvalue weighted by Gasteiger charge is -2.12. The zero-order valence-electron chi connectivity index (χ0n) is 11.3. The van der Waals surface area contributed by atoms with Crippen LogP contribution in [-0.4, -0.2) is 20.1 Å². The molecule has 21 heavy (non-hydrogen) atoms. The van der Waals surface area contributed by atoms with E-state index in [-0.39, 0.29) is 22.8 Å². The fourth-order valence-corrected chi connectivity index (χ4v) is 3.11. The monoisotopic (exact) mass is 306 g/mol. The van der Waals surface area contributed by atoms with E-state index in [1.54, 1.807) is 31.2 Å². The van der Waals surface area contributed by atoms with E-state index in [0.717, 1.165) is 0 Å². The molecule has 110 valence electrons. The van der Waals surface area contributed by atoms with Crippen molar-refractivity contribution in [3.63, 3.8) is 0 Å². The van der Waals surface area contributed by atoms with Crippen LogP contribution in [0.1, 0.15) is 23.0 Å². The van der Waals surface area contributed by atoms with Crippen molar-refractivity contribution < 1.29 is 17.9 Å².